The summed E-state index contributed by atoms with van der Waals surface area (Å²) < 4.78 is 7.64. The van der Waals surface area contributed by atoms with Gasteiger partial charge in [-0.15, -0.1) is 11.3 Å². The standard InChI is InChI=1S/C20H10O3S/c21-19-11-5-1-3-7-15(11)23-16-10-18-14(9-13(16)19)20(22)12-6-2-4-8-17(12)24-18/h1-10H. The molecule has 5 aromatic rings. The van der Waals surface area contributed by atoms with Crippen molar-refractivity contribution >= 4 is 53.4 Å². The van der Waals surface area contributed by atoms with Crippen LogP contribution < -0.4 is 10.9 Å². The van der Waals surface area contributed by atoms with E-state index in [9.17, 15) is 9.59 Å². The van der Waals surface area contributed by atoms with Gasteiger partial charge in [-0.3, -0.25) is 9.59 Å². The highest BCUT2D eigenvalue weighted by Gasteiger charge is 2.12. The van der Waals surface area contributed by atoms with Gasteiger partial charge in [-0.2, -0.15) is 0 Å². The largest absolute Gasteiger partial charge is 0.456 e. The van der Waals surface area contributed by atoms with E-state index in [-0.39, 0.29) is 10.9 Å². The molecule has 24 heavy (non-hydrogen) atoms. The van der Waals surface area contributed by atoms with E-state index >= 15 is 0 Å². The van der Waals surface area contributed by atoms with Gasteiger partial charge in [0.1, 0.15) is 11.2 Å². The Kier molecular flexibility index (Phi) is 2.67. The molecule has 0 atom stereocenters. The zero-order valence-electron chi connectivity index (χ0n) is 12.4. The van der Waals surface area contributed by atoms with Crippen molar-refractivity contribution in [1.82, 2.24) is 0 Å². The van der Waals surface area contributed by atoms with Gasteiger partial charge in [-0.05, 0) is 36.4 Å². The molecule has 5 rings (SSSR count). The van der Waals surface area contributed by atoms with Crippen LogP contribution in [0.1, 0.15) is 0 Å². The second-order valence-corrected chi connectivity index (χ2v) is 6.78. The smallest absolute Gasteiger partial charge is 0.200 e. The molecule has 2 heterocycles. The molecule has 0 amide bonds. The summed E-state index contributed by atoms with van der Waals surface area (Å²) in [7, 11) is 0. The van der Waals surface area contributed by atoms with Gasteiger partial charge in [0.2, 0.25) is 5.43 Å². The van der Waals surface area contributed by atoms with Crippen molar-refractivity contribution in [3.8, 4) is 0 Å². The maximum atomic E-state index is 12.8. The Morgan fingerprint density at radius 1 is 0.625 bits per heavy atom. The van der Waals surface area contributed by atoms with Crippen LogP contribution in [0.5, 0.6) is 0 Å². The summed E-state index contributed by atoms with van der Waals surface area (Å²) in [5.41, 5.74) is 0.916. The van der Waals surface area contributed by atoms with Crippen molar-refractivity contribution in [2.75, 3.05) is 0 Å². The number of fused-ring (bicyclic) bond motifs is 4. The van der Waals surface area contributed by atoms with Gasteiger partial charge in [-0.1, -0.05) is 24.3 Å². The molecule has 4 heteroatoms. The van der Waals surface area contributed by atoms with E-state index in [1.54, 1.807) is 30.3 Å². The average molecular weight is 330 g/mol. The molecule has 3 nitrogen and oxygen atoms in total. The van der Waals surface area contributed by atoms with E-state index in [0.717, 1.165) is 9.40 Å². The van der Waals surface area contributed by atoms with Crippen LogP contribution in [-0.4, -0.2) is 0 Å². The molecular formula is C20H10O3S. The third-order valence-electron chi connectivity index (χ3n) is 4.27. The first-order chi connectivity index (χ1) is 11.7. The lowest BCUT2D eigenvalue weighted by molar-refractivity contribution is 0.660. The molecule has 0 radical (unpaired) electrons. The molecule has 0 N–H and O–H groups in total. The second kappa shape index (κ2) is 4.76. The molecule has 0 saturated carbocycles. The minimum absolute atomic E-state index is 0.0474. The monoisotopic (exact) mass is 330 g/mol. The number of hydrogen-bond acceptors (Lipinski definition) is 4. The summed E-state index contributed by atoms with van der Waals surface area (Å²) >= 11 is 1.53. The van der Waals surface area contributed by atoms with Crippen molar-refractivity contribution in [2.24, 2.45) is 0 Å². The van der Waals surface area contributed by atoms with Crippen LogP contribution in [0, 0.1) is 0 Å². The second-order valence-electron chi connectivity index (χ2n) is 5.70. The normalized spacial score (nSPS) is 11.7. The molecule has 0 aliphatic heterocycles. The molecule has 0 unspecified atom stereocenters. The van der Waals surface area contributed by atoms with Crippen LogP contribution in [0.25, 0.3) is 42.1 Å². The maximum Gasteiger partial charge on any atom is 0.200 e. The Morgan fingerprint density at radius 3 is 2.21 bits per heavy atom. The van der Waals surface area contributed by atoms with Gasteiger partial charge < -0.3 is 4.42 Å². The number of benzene rings is 3. The van der Waals surface area contributed by atoms with Crippen molar-refractivity contribution in [3.05, 3.63) is 81.1 Å². The number of rotatable bonds is 0. The van der Waals surface area contributed by atoms with Gasteiger partial charge in [0.15, 0.2) is 5.43 Å². The van der Waals surface area contributed by atoms with Gasteiger partial charge in [-0.25, -0.2) is 0 Å². The fourth-order valence-electron chi connectivity index (χ4n) is 3.10. The third-order valence-corrected chi connectivity index (χ3v) is 5.41. The van der Waals surface area contributed by atoms with Crippen LogP contribution in [0.2, 0.25) is 0 Å². The van der Waals surface area contributed by atoms with Crippen molar-refractivity contribution in [3.63, 3.8) is 0 Å². The Balaban J connectivity index is 2.05. The van der Waals surface area contributed by atoms with Gasteiger partial charge in [0.05, 0.1) is 10.8 Å². The van der Waals surface area contributed by atoms with Crippen LogP contribution >= 0.6 is 11.3 Å². The molecule has 0 saturated heterocycles. The predicted molar refractivity (Wildman–Crippen MR) is 99.1 cm³/mol. The Bertz CT molecular complexity index is 1290. The summed E-state index contributed by atoms with van der Waals surface area (Å²) in [6, 6.07) is 18.2. The Morgan fingerprint density at radius 2 is 1.33 bits per heavy atom. The molecule has 0 aliphatic carbocycles. The summed E-state index contributed by atoms with van der Waals surface area (Å²) in [4.78, 5) is 25.5. The molecule has 114 valence electrons. The summed E-state index contributed by atoms with van der Waals surface area (Å²) in [5.74, 6) is 0. The molecule has 0 aliphatic rings. The van der Waals surface area contributed by atoms with Crippen LogP contribution in [0.15, 0.2) is 74.7 Å². The van der Waals surface area contributed by atoms with Crippen LogP contribution in [0.3, 0.4) is 0 Å². The molecule has 0 bridgehead atoms. The van der Waals surface area contributed by atoms with Crippen LogP contribution in [-0.2, 0) is 0 Å². The number of hydrogen-bond donors (Lipinski definition) is 0. The summed E-state index contributed by atoms with van der Waals surface area (Å²) in [6.45, 7) is 0. The zero-order chi connectivity index (χ0) is 16.3. The molecule has 2 aromatic heterocycles. The topological polar surface area (TPSA) is 47.3 Å². The first-order valence-electron chi connectivity index (χ1n) is 7.53. The highest BCUT2D eigenvalue weighted by Crippen LogP contribution is 2.28. The average Bonchev–Trinajstić information content (AvgIpc) is 2.61. The van der Waals surface area contributed by atoms with Gasteiger partial charge >= 0.3 is 0 Å². The fourth-order valence-corrected chi connectivity index (χ4v) is 4.18. The number of para-hydroxylation sites is 1. The molecule has 0 fully saturated rings. The van der Waals surface area contributed by atoms with E-state index < -0.39 is 0 Å². The van der Waals surface area contributed by atoms with Crippen molar-refractivity contribution in [1.29, 1.82) is 0 Å². The zero-order valence-corrected chi connectivity index (χ0v) is 13.2. The molecule has 3 aromatic carbocycles. The minimum atomic E-state index is -0.105. The lowest BCUT2D eigenvalue weighted by Gasteiger charge is -2.04. The van der Waals surface area contributed by atoms with Crippen molar-refractivity contribution in [2.45, 2.75) is 0 Å². The maximum absolute atomic E-state index is 12.8. The highest BCUT2D eigenvalue weighted by atomic mass is 32.1. The first kappa shape index (κ1) is 13.5. The lowest BCUT2D eigenvalue weighted by Crippen LogP contribution is -2.05. The molecule has 0 spiro atoms. The fraction of sp³-hybridized carbons (Fsp3) is 0. The minimum Gasteiger partial charge on any atom is -0.456 e. The Labute approximate surface area is 139 Å². The Hall–Kier alpha value is -2.98. The van der Waals surface area contributed by atoms with Gasteiger partial charge in [0.25, 0.3) is 0 Å². The van der Waals surface area contributed by atoms with Crippen LogP contribution in [0.4, 0.5) is 0 Å². The third kappa shape index (κ3) is 1.77. The van der Waals surface area contributed by atoms with Crippen molar-refractivity contribution < 1.29 is 4.42 Å². The molecular weight excluding hydrogens is 320 g/mol. The van der Waals surface area contributed by atoms with Gasteiger partial charge in [0, 0.05) is 20.2 Å². The van der Waals surface area contributed by atoms with E-state index in [1.165, 1.54) is 11.3 Å². The summed E-state index contributed by atoms with van der Waals surface area (Å²) in [5, 5.41) is 2.22. The highest BCUT2D eigenvalue weighted by molar-refractivity contribution is 7.24. The van der Waals surface area contributed by atoms with E-state index in [4.69, 9.17) is 4.42 Å². The van der Waals surface area contributed by atoms with E-state index in [2.05, 4.69) is 0 Å². The summed E-state index contributed by atoms with van der Waals surface area (Å²) in [6.07, 6.45) is 0. The first-order valence-corrected chi connectivity index (χ1v) is 8.35. The quantitative estimate of drug-likeness (QED) is 0.388. The van der Waals surface area contributed by atoms with E-state index in [0.29, 0.717) is 32.7 Å². The SMILES string of the molecule is O=c1c2ccccc2oc2cc3sc4ccccc4c(=O)c3cc12. The predicted octanol–water partition coefficient (Wildman–Crippen LogP) is 4.67. The lowest BCUT2D eigenvalue weighted by atomic mass is 10.1. The van der Waals surface area contributed by atoms with E-state index in [1.807, 2.05) is 30.3 Å².